The first-order valence-electron chi connectivity index (χ1n) is 5.76. The van der Waals surface area contributed by atoms with E-state index in [1.807, 2.05) is 0 Å². The summed E-state index contributed by atoms with van der Waals surface area (Å²) in [6.45, 7) is 0. The average molecular weight is 278 g/mol. The number of hydrogen-bond donors (Lipinski definition) is 3. The lowest BCUT2D eigenvalue weighted by atomic mass is 10.1. The van der Waals surface area contributed by atoms with Crippen molar-refractivity contribution < 1.29 is 19.4 Å². The molecule has 0 radical (unpaired) electrons. The number of benzene rings is 1. The van der Waals surface area contributed by atoms with Gasteiger partial charge in [-0.25, -0.2) is 0 Å². The quantitative estimate of drug-likeness (QED) is 0.763. The van der Waals surface area contributed by atoms with Gasteiger partial charge in [-0.05, 0) is 6.07 Å². The molecule has 0 aliphatic carbocycles. The number of ether oxygens (including phenoxy) is 2. The number of H-pyrrole nitrogens is 1. The molecule has 2 rings (SSSR count). The first kappa shape index (κ1) is 13.7. The van der Waals surface area contributed by atoms with E-state index < -0.39 is 17.2 Å². The van der Waals surface area contributed by atoms with Gasteiger partial charge in [0, 0.05) is 18.5 Å². The molecule has 0 unspecified atom stereocenters. The van der Waals surface area contributed by atoms with Crippen LogP contribution in [0.1, 0.15) is 10.4 Å². The maximum Gasteiger partial charge on any atom is 0.265 e. The Bertz CT molecular complexity index is 736. The second-order valence-corrected chi connectivity index (χ2v) is 4.01. The molecule has 1 aromatic heterocycles. The molecule has 1 heterocycles. The maximum atomic E-state index is 11.9. The van der Waals surface area contributed by atoms with Crippen molar-refractivity contribution >= 4 is 16.8 Å². The Kier molecular flexibility index (Phi) is 3.51. The smallest absolute Gasteiger partial charge is 0.265 e. The second-order valence-electron chi connectivity index (χ2n) is 4.01. The van der Waals surface area contributed by atoms with Crippen molar-refractivity contribution in [1.29, 1.82) is 0 Å². The summed E-state index contributed by atoms with van der Waals surface area (Å²) in [6, 6.07) is 3.01. The number of amides is 1. The normalized spacial score (nSPS) is 10.3. The van der Waals surface area contributed by atoms with Gasteiger partial charge < -0.3 is 24.9 Å². The molecule has 0 saturated heterocycles. The van der Waals surface area contributed by atoms with E-state index in [1.54, 1.807) is 0 Å². The molecule has 3 N–H and O–H groups in total. The standard InChI is InChI=1S/C13H14N2O5/c1-14-12(17)10-11(16)6-4-8(19-2)9(20-3)5-7(6)15-13(10)18/h4-5H,1-3H3,(H,14,17)(H2,15,16,18). The number of aromatic nitrogens is 1. The van der Waals surface area contributed by atoms with Gasteiger partial charge in [0.2, 0.25) is 0 Å². The minimum absolute atomic E-state index is 0.292. The van der Waals surface area contributed by atoms with E-state index in [1.165, 1.54) is 33.4 Å². The topological polar surface area (TPSA) is 101 Å². The number of pyridine rings is 1. The number of nitrogens with one attached hydrogen (secondary N) is 2. The van der Waals surface area contributed by atoms with Crippen molar-refractivity contribution in [1.82, 2.24) is 10.3 Å². The molecule has 7 nitrogen and oxygen atoms in total. The molecule has 20 heavy (non-hydrogen) atoms. The van der Waals surface area contributed by atoms with Crippen LogP contribution in [0.5, 0.6) is 17.2 Å². The number of carbonyl (C=O) groups is 1. The minimum Gasteiger partial charge on any atom is -0.506 e. The molecular formula is C13H14N2O5. The number of hydrogen-bond acceptors (Lipinski definition) is 5. The third-order valence-electron chi connectivity index (χ3n) is 2.95. The van der Waals surface area contributed by atoms with Crippen molar-refractivity contribution in [3.8, 4) is 17.2 Å². The lowest BCUT2D eigenvalue weighted by Gasteiger charge is -2.11. The summed E-state index contributed by atoms with van der Waals surface area (Å²) in [5, 5.41) is 12.7. The van der Waals surface area contributed by atoms with Crippen LogP contribution in [0.15, 0.2) is 16.9 Å². The van der Waals surface area contributed by atoms with Gasteiger partial charge in [0.25, 0.3) is 11.5 Å². The molecule has 2 aromatic rings. The van der Waals surface area contributed by atoms with Crippen molar-refractivity contribution in [3.05, 3.63) is 28.0 Å². The average Bonchev–Trinajstić information content (AvgIpc) is 2.45. The highest BCUT2D eigenvalue weighted by molar-refractivity contribution is 6.02. The van der Waals surface area contributed by atoms with Gasteiger partial charge in [0.1, 0.15) is 11.3 Å². The zero-order chi connectivity index (χ0) is 14.9. The van der Waals surface area contributed by atoms with Crippen LogP contribution in [0.25, 0.3) is 10.9 Å². The fourth-order valence-corrected chi connectivity index (χ4v) is 1.94. The number of aromatic hydroxyl groups is 1. The Hall–Kier alpha value is -2.70. The fourth-order valence-electron chi connectivity index (χ4n) is 1.94. The molecule has 1 aromatic carbocycles. The van der Waals surface area contributed by atoms with Gasteiger partial charge in [-0.15, -0.1) is 0 Å². The number of carbonyl (C=O) groups excluding carboxylic acids is 1. The third kappa shape index (κ3) is 2.03. The van der Waals surface area contributed by atoms with Gasteiger partial charge in [0.15, 0.2) is 11.5 Å². The van der Waals surface area contributed by atoms with Crippen molar-refractivity contribution in [2.75, 3.05) is 21.3 Å². The summed E-state index contributed by atoms with van der Waals surface area (Å²) in [5.74, 6) is -0.280. The van der Waals surface area contributed by atoms with Crippen LogP contribution in [0.3, 0.4) is 0 Å². The largest absolute Gasteiger partial charge is 0.506 e. The maximum absolute atomic E-state index is 11.9. The van der Waals surface area contributed by atoms with Crippen LogP contribution < -0.4 is 20.3 Å². The van der Waals surface area contributed by atoms with E-state index >= 15 is 0 Å². The van der Waals surface area contributed by atoms with E-state index in [2.05, 4.69) is 10.3 Å². The zero-order valence-electron chi connectivity index (χ0n) is 11.2. The highest BCUT2D eigenvalue weighted by Gasteiger charge is 2.19. The predicted molar refractivity (Wildman–Crippen MR) is 72.7 cm³/mol. The highest BCUT2D eigenvalue weighted by atomic mass is 16.5. The lowest BCUT2D eigenvalue weighted by Crippen LogP contribution is -2.26. The van der Waals surface area contributed by atoms with Crippen LogP contribution >= 0.6 is 0 Å². The first-order valence-corrected chi connectivity index (χ1v) is 5.76. The van der Waals surface area contributed by atoms with Gasteiger partial charge in [-0.2, -0.15) is 0 Å². The summed E-state index contributed by atoms with van der Waals surface area (Å²) in [5.41, 5.74) is -0.674. The third-order valence-corrected chi connectivity index (χ3v) is 2.95. The summed E-state index contributed by atoms with van der Waals surface area (Å²) in [6.07, 6.45) is 0. The van der Waals surface area contributed by atoms with E-state index in [4.69, 9.17) is 9.47 Å². The molecule has 0 spiro atoms. The molecule has 106 valence electrons. The number of rotatable bonds is 3. The lowest BCUT2D eigenvalue weighted by molar-refractivity contribution is 0.0959. The van der Waals surface area contributed by atoms with Gasteiger partial charge in [0.05, 0.1) is 19.7 Å². The summed E-state index contributed by atoms with van der Waals surface area (Å²) < 4.78 is 10.2. The Labute approximate surface area is 114 Å². The predicted octanol–water partition coefficient (Wildman–Crippen LogP) is 0.610. The monoisotopic (exact) mass is 278 g/mol. The Morgan fingerprint density at radius 2 is 1.85 bits per heavy atom. The number of fused-ring (bicyclic) bond motifs is 1. The molecule has 0 aliphatic rings. The molecule has 1 amide bonds. The SMILES string of the molecule is CNC(=O)c1c(O)c2cc(OC)c(OC)cc2[nH]c1=O. The molecule has 0 aliphatic heterocycles. The van der Waals surface area contributed by atoms with Crippen molar-refractivity contribution in [3.63, 3.8) is 0 Å². The van der Waals surface area contributed by atoms with Crippen LogP contribution in [0, 0.1) is 0 Å². The Morgan fingerprint density at radius 3 is 2.40 bits per heavy atom. The molecule has 0 bridgehead atoms. The van der Waals surface area contributed by atoms with Crippen LogP contribution in [-0.2, 0) is 0 Å². The van der Waals surface area contributed by atoms with Crippen molar-refractivity contribution in [2.24, 2.45) is 0 Å². The molecule has 0 fully saturated rings. The second kappa shape index (κ2) is 5.12. The van der Waals surface area contributed by atoms with E-state index in [0.717, 1.165) is 0 Å². The Balaban J connectivity index is 2.84. The van der Waals surface area contributed by atoms with E-state index in [9.17, 15) is 14.7 Å². The summed E-state index contributed by atoms with van der Waals surface area (Å²) in [7, 11) is 4.28. The van der Waals surface area contributed by atoms with Gasteiger partial charge in [-0.3, -0.25) is 9.59 Å². The molecular weight excluding hydrogens is 264 g/mol. The minimum atomic E-state index is -0.679. The molecule has 0 atom stereocenters. The summed E-state index contributed by atoms with van der Waals surface area (Å²) in [4.78, 5) is 26.0. The first-order chi connectivity index (χ1) is 9.53. The molecule has 0 saturated carbocycles. The summed E-state index contributed by atoms with van der Waals surface area (Å²) >= 11 is 0. The van der Waals surface area contributed by atoms with E-state index in [-0.39, 0.29) is 5.56 Å². The number of methoxy groups -OCH3 is 2. The van der Waals surface area contributed by atoms with Gasteiger partial charge >= 0.3 is 0 Å². The molecule has 7 heteroatoms. The zero-order valence-corrected chi connectivity index (χ0v) is 11.2. The van der Waals surface area contributed by atoms with Crippen molar-refractivity contribution in [2.45, 2.75) is 0 Å². The van der Waals surface area contributed by atoms with E-state index in [0.29, 0.717) is 22.4 Å². The Morgan fingerprint density at radius 1 is 1.25 bits per heavy atom. The van der Waals surface area contributed by atoms with Gasteiger partial charge in [-0.1, -0.05) is 0 Å². The fraction of sp³-hybridized carbons (Fsp3) is 0.231. The van der Waals surface area contributed by atoms with Crippen LogP contribution in [-0.4, -0.2) is 37.3 Å². The highest BCUT2D eigenvalue weighted by Crippen LogP contribution is 2.35. The van der Waals surface area contributed by atoms with Crippen LogP contribution in [0.4, 0.5) is 0 Å². The number of aromatic amines is 1. The van der Waals surface area contributed by atoms with Crippen LogP contribution in [0.2, 0.25) is 0 Å².